The van der Waals surface area contributed by atoms with Crippen LogP contribution in [0.2, 0.25) is 0 Å². The maximum Gasteiger partial charge on any atom is 0.250 e. The number of rotatable bonds is 12. The SMILES string of the molecule is Cc1cc2c(nc1C)C(C)(C)CN2c1ncnc(Nc2cc(C=CC(=O)NC=O)c(N(C)CCN(C)C)cc2OC(C)C)n1. The zero-order valence-corrected chi connectivity index (χ0v) is 27.1. The number of nitrogens with one attached hydrogen (secondary N) is 2. The lowest BCUT2D eigenvalue weighted by atomic mass is 9.91. The molecule has 0 spiro atoms. The summed E-state index contributed by atoms with van der Waals surface area (Å²) < 4.78 is 6.24. The molecule has 0 radical (unpaired) electrons. The molecule has 234 valence electrons. The van der Waals surface area contributed by atoms with Crippen LogP contribution >= 0.6 is 0 Å². The van der Waals surface area contributed by atoms with Crippen LogP contribution in [-0.2, 0) is 15.0 Å². The quantitative estimate of drug-likeness (QED) is 0.230. The van der Waals surface area contributed by atoms with Crippen molar-refractivity contribution in [2.24, 2.45) is 0 Å². The molecule has 0 saturated heterocycles. The summed E-state index contributed by atoms with van der Waals surface area (Å²) in [6.07, 6.45) is 4.74. The van der Waals surface area contributed by atoms with Crippen LogP contribution in [0.4, 0.5) is 29.0 Å². The van der Waals surface area contributed by atoms with Gasteiger partial charge < -0.3 is 24.8 Å². The summed E-state index contributed by atoms with van der Waals surface area (Å²) in [7, 11) is 6.02. The van der Waals surface area contributed by atoms with Gasteiger partial charge in [0, 0.05) is 61.2 Å². The number of benzene rings is 1. The van der Waals surface area contributed by atoms with Crippen molar-refractivity contribution >= 4 is 47.4 Å². The molecule has 1 aromatic carbocycles. The van der Waals surface area contributed by atoms with Crippen LogP contribution in [0.1, 0.15) is 50.2 Å². The van der Waals surface area contributed by atoms with Crippen molar-refractivity contribution in [2.45, 2.75) is 53.1 Å². The van der Waals surface area contributed by atoms with E-state index in [2.05, 4.69) is 62.1 Å². The molecule has 1 aliphatic rings. The number of hydrogen-bond donors (Lipinski definition) is 2. The van der Waals surface area contributed by atoms with E-state index in [4.69, 9.17) is 14.7 Å². The molecule has 2 N–H and O–H groups in total. The Morgan fingerprint density at radius 3 is 2.55 bits per heavy atom. The minimum Gasteiger partial charge on any atom is -0.489 e. The van der Waals surface area contributed by atoms with Crippen molar-refractivity contribution in [1.29, 1.82) is 0 Å². The second-order valence-corrected chi connectivity index (χ2v) is 12.2. The molecule has 1 aliphatic heterocycles. The highest BCUT2D eigenvalue weighted by Gasteiger charge is 2.39. The van der Waals surface area contributed by atoms with Gasteiger partial charge >= 0.3 is 0 Å². The highest BCUT2D eigenvalue weighted by atomic mass is 16.5. The molecule has 2 amide bonds. The maximum atomic E-state index is 12.1. The van der Waals surface area contributed by atoms with Crippen LogP contribution in [0.3, 0.4) is 0 Å². The van der Waals surface area contributed by atoms with Gasteiger partial charge in [0.1, 0.15) is 12.1 Å². The third kappa shape index (κ3) is 7.49. The summed E-state index contributed by atoms with van der Waals surface area (Å²) in [6, 6.07) is 5.97. The van der Waals surface area contributed by atoms with Gasteiger partial charge in [-0.25, -0.2) is 9.97 Å². The molecule has 4 rings (SSSR count). The normalized spacial score (nSPS) is 13.8. The first-order valence-electron chi connectivity index (χ1n) is 14.6. The lowest BCUT2D eigenvalue weighted by Crippen LogP contribution is -2.29. The molecule has 3 aromatic rings. The molecule has 3 heterocycles. The zero-order chi connectivity index (χ0) is 32.2. The fourth-order valence-electron chi connectivity index (χ4n) is 4.97. The number of fused-ring (bicyclic) bond motifs is 1. The van der Waals surface area contributed by atoms with Gasteiger partial charge in [-0.05, 0) is 65.6 Å². The van der Waals surface area contributed by atoms with Gasteiger partial charge in [-0.3, -0.25) is 19.9 Å². The third-order valence-corrected chi connectivity index (χ3v) is 7.38. The molecular weight excluding hydrogens is 558 g/mol. The Bertz CT molecular complexity index is 1550. The highest BCUT2D eigenvalue weighted by Crippen LogP contribution is 2.43. The number of anilines is 5. The van der Waals surface area contributed by atoms with Gasteiger partial charge in [0.05, 0.1) is 23.2 Å². The Hall–Kier alpha value is -4.58. The largest absolute Gasteiger partial charge is 0.489 e. The minimum atomic E-state index is -0.519. The first-order chi connectivity index (χ1) is 20.8. The Morgan fingerprint density at radius 1 is 1.11 bits per heavy atom. The molecule has 12 heteroatoms. The fraction of sp³-hybridized carbons (Fsp3) is 0.438. The van der Waals surface area contributed by atoms with E-state index < -0.39 is 5.91 Å². The average Bonchev–Trinajstić information content (AvgIpc) is 3.21. The number of aryl methyl sites for hydroxylation is 2. The predicted octanol–water partition coefficient (Wildman–Crippen LogP) is 4.13. The number of aromatic nitrogens is 4. The molecule has 0 bridgehead atoms. The maximum absolute atomic E-state index is 12.1. The molecular formula is C32H43N9O3. The van der Waals surface area contributed by atoms with Crippen molar-refractivity contribution in [1.82, 2.24) is 30.2 Å². The summed E-state index contributed by atoms with van der Waals surface area (Å²) in [5.41, 5.74) is 6.16. The van der Waals surface area contributed by atoms with E-state index in [-0.39, 0.29) is 11.5 Å². The van der Waals surface area contributed by atoms with E-state index in [0.717, 1.165) is 47.0 Å². The second kappa shape index (κ2) is 13.4. The topological polar surface area (TPSA) is 129 Å². The van der Waals surface area contributed by atoms with Crippen molar-refractivity contribution in [3.05, 3.63) is 53.1 Å². The van der Waals surface area contributed by atoms with Crippen molar-refractivity contribution in [3.63, 3.8) is 0 Å². The van der Waals surface area contributed by atoms with Gasteiger partial charge in [0.25, 0.3) is 0 Å². The number of hydrogen-bond acceptors (Lipinski definition) is 11. The van der Waals surface area contributed by atoms with Crippen LogP contribution in [-0.4, -0.2) is 84.0 Å². The van der Waals surface area contributed by atoms with Crippen LogP contribution in [0.5, 0.6) is 5.75 Å². The van der Waals surface area contributed by atoms with Crippen molar-refractivity contribution < 1.29 is 14.3 Å². The number of nitrogens with zero attached hydrogens (tertiary/aromatic N) is 7. The minimum absolute atomic E-state index is 0.105. The highest BCUT2D eigenvalue weighted by molar-refractivity contribution is 5.98. The van der Waals surface area contributed by atoms with Gasteiger partial charge in [-0.15, -0.1) is 0 Å². The molecule has 0 fully saturated rings. The Morgan fingerprint density at radius 2 is 1.86 bits per heavy atom. The molecule has 0 saturated carbocycles. The first-order valence-corrected chi connectivity index (χ1v) is 14.6. The van der Waals surface area contributed by atoms with Gasteiger partial charge in [0.15, 0.2) is 0 Å². The van der Waals surface area contributed by atoms with Gasteiger partial charge in [-0.1, -0.05) is 13.8 Å². The lowest BCUT2D eigenvalue weighted by molar-refractivity contribution is -0.121. The number of ether oxygens (including phenoxy) is 1. The third-order valence-electron chi connectivity index (χ3n) is 7.38. The van der Waals surface area contributed by atoms with Crippen LogP contribution in [0.25, 0.3) is 6.08 Å². The van der Waals surface area contributed by atoms with E-state index in [1.54, 1.807) is 6.08 Å². The van der Waals surface area contributed by atoms with E-state index in [1.165, 1.54) is 12.4 Å². The number of imide groups is 1. The summed E-state index contributed by atoms with van der Waals surface area (Å²) in [5.74, 6) is 0.936. The van der Waals surface area contributed by atoms with E-state index in [1.807, 2.05) is 54.0 Å². The molecule has 0 unspecified atom stereocenters. The Labute approximate surface area is 259 Å². The fourth-order valence-corrected chi connectivity index (χ4v) is 4.97. The van der Waals surface area contributed by atoms with Crippen molar-refractivity contribution in [2.75, 3.05) is 55.9 Å². The van der Waals surface area contributed by atoms with Crippen molar-refractivity contribution in [3.8, 4) is 5.75 Å². The summed E-state index contributed by atoms with van der Waals surface area (Å²) in [6.45, 7) is 14.6. The summed E-state index contributed by atoms with van der Waals surface area (Å²) >= 11 is 0. The average molecular weight is 602 g/mol. The molecule has 0 atom stereocenters. The number of likely N-dealkylation sites (N-methyl/N-ethyl adjacent to an activating group) is 2. The summed E-state index contributed by atoms with van der Waals surface area (Å²) in [4.78, 5) is 47.8. The smallest absolute Gasteiger partial charge is 0.250 e. The predicted molar refractivity (Wildman–Crippen MR) is 174 cm³/mol. The molecule has 2 aromatic heterocycles. The number of pyridine rings is 1. The Kier molecular flexibility index (Phi) is 9.83. The van der Waals surface area contributed by atoms with Gasteiger partial charge in [0.2, 0.25) is 24.2 Å². The monoisotopic (exact) mass is 601 g/mol. The van der Waals surface area contributed by atoms with Gasteiger partial charge in [-0.2, -0.15) is 4.98 Å². The first kappa shape index (κ1) is 32.3. The number of carbonyl (C=O) groups excluding carboxylic acids is 2. The lowest BCUT2D eigenvalue weighted by Gasteiger charge is -2.26. The second-order valence-electron chi connectivity index (χ2n) is 12.2. The summed E-state index contributed by atoms with van der Waals surface area (Å²) in [5, 5.41) is 5.48. The number of carbonyl (C=O) groups is 2. The van der Waals surface area contributed by atoms with Crippen LogP contribution in [0.15, 0.2) is 30.6 Å². The van der Waals surface area contributed by atoms with E-state index in [9.17, 15) is 9.59 Å². The molecule has 44 heavy (non-hydrogen) atoms. The number of amides is 2. The van der Waals surface area contributed by atoms with E-state index in [0.29, 0.717) is 36.3 Å². The molecule has 12 nitrogen and oxygen atoms in total. The molecule has 0 aliphatic carbocycles. The Balaban J connectivity index is 1.75. The van der Waals surface area contributed by atoms with Crippen LogP contribution < -0.4 is 25.2 Å². The van der Waals surface area contributed by atoms with E-state index >= 15 is 0 Å². The zero-order valence-electron chi connectivity index (χ0n) is 27.1. The standard InChI is InChI=1S/C32H43N9O3/c1-20(2)44-27-16-25(40(9)13-12-39(7)8)23(10-11-28(43)35-19-42)15-24(27)37-30-33-18-34-31(38-30)41-17-32(5,6)29-26(41)14-21(3)22(4)36-29/h10-11,14-16,18-20H,12-13,17H2,1-9H3,(H,35,42,43)(H,33,34,37,38). The van der Waals surface area contributed by atoms with Crippen LogP contribution in [0, 0.1) is 13.8 Å².